The fourth-order valence-corrected chi connectivity index (χ4v) is 3.87. The van der Waals surface area contributed by atoms with Crippen molar-refractivity contribution in [2.24, 2.45) is 0 Å². The van der Waals surface area contributed by atoms with Gasteiger partial charge in [0.05, 0.1) is 18.1 Å². The van der Waals surface area contributed by atoms with Crippen molar-refractivity contribution in [2.45, 2.75) is 37.6 Å². The van der Waals surface area contributed by atoms with Gasteiger partial charge in [0.2, 0.25) is 10.0 Å². The highest BCUT2D eigenvalue weighted by Crippen LogP contribution is 2.31. The molecule has 0 bridgehead atoms. The Morgan fingerprint density at radius 3 is 2.43 bits per heavy atom. The lowest BCUT2D eigenvalue weighted by Crippen LogP contribution is -2.36. The number of aliphatic hydroxyl groups is 1. The van der Waals surface area contributed by atoms with Gasteiger partial charge in [0, 0.05) is 16.8 Å². The van der Waals surface area contributed by atoms with E-state index in [2.05, 4.69) is 4.72 Å². The Labute approximate surface area is 137 Å². The third-order valence-electron chi connectivity index (χ3n) is 3.63. The Morgan fingerprint density at radius 1 is 1.13 bits per heavy atom. The van der Waals surface area contributed by atoms with Gasteiger partial charge >= 0.3 is 0 Å². The molecule has 0 heterocycles. The fraction of sp³-hybridized carbons (Fsp3) is 0.412. The molecule has 126 valence electrons. The van der Waals surface area contributed by atoms with Gasteiger partial charge in [-0.25, -0.2) is 13.1 Å². The Morgan fingerprint density at radius 2 is 1.83 bits per heavy atom. The molecule has 6 heteroatoms. The Bertz CT molecular complexity index is 754. The average Bonchev–Trinajstić information content (AvgIpc) is 2.57. The number of aliphatic hydroxyl groups excluding tert-OH is 1. The first-order valence-electron chi connectivity index (χ1n) is 7.81. The van der Waals surface area contributed by atoms with E-state index in [1.165, 1.54) is 0 Å². The van der Waals surface area contributed by atoms with Crippen molar-refractivity contribution in [3.05, 3.63) is 36.4 Å². The molecule has 23 heavy (non-hydrogen) atoms. The van der Waals surface area contributed by atoms with E-state index in [1.54, 1.807) is 24.3 Å². The Kier molecular flexibility index (Phi) is 5.98. The first kappa shape index (κ1) is 17.7. The monoisotopic (exact) mass is 337 g/mol. The highest BCUT2D eigenvalue weighted by molar-refractivity contribution is 7.89. The lowest BCUT2D eigenvalue weighted by atomic mass is 10.1. The van der Waals surface area contributed by atoms with Crippen molar-refractivity contribution in [3.8, 4) is 5.75 Å². The molecule has 1 unspecified atom stereocenters. The summed E-state index contributed by atoms with van der Waals surface area (Å²) >= 11 is 0. The molecule has 2 aromatic rings. The molecule has 0 saturated heterocycles. The topological polar surface area (TPSA) is 75.6 Å². The van der Waals surface area contributed by atoms with E-state index in [0.29, 0.717) is 24.2 Å². The molecule has 0 aliphatic rings. The maximum atomic E-state index is 12.6. The Hall–Kier alpha value is -1.63. The summed E-state index contributed by atoms with van der Waals surface area (Å²) < 4.78 is 33.5. The zero-order chi connectivity index (χ0) is 16.9. The molecule has 1 atom stereocenters. The molecule has 0 radical (unpaired) electrons. The predicted molar refractivity (Wildman–Crippen MR) is 91.2 cm³/mol. The van der Waals surface area contributed by atoms with E-state index < -0.39 is 16.1 Å². The quantitative estimate of drug-likeness (QED) is 0.776. The van der Waals surface area contributed by atoms with Crippen LogP contribution in [0.2, 0.25) is 0 Å². The molecule has 0 fully saturated rings. The summed E-state index contributed by atoms with van der Waals surface area (Å²) in [7, 11) is -3.71. The van der Waals surface area contributed by atoms with E-state index in [0.717, 1.165) is 11.8 Å². The predicted octanol–water partition coefficient (Wildman–Crippen LogP) is 2.68. The summed E-state index contributed by atoms with van der Waals surface area (Å²) in [6, 6.07) is 10.0. The van der Waals surface area contributed by atoms with Crippen molar-refractivity contribution in [1.82, 2.24) is 4.72 Å². The van der Waals surface area contributed by atoms with Crippen LogP contribution in [0.1, 0.15) is 26.7 Å². The van der Waals surface area contributed by atoms with Crippen LogP contribution in [0.4, 0.5) is 0 Å². The molecule has 2 N–H and O–H groups in total. The number of benzene rings is 2. The third kappa shape index (κ3) is 4.02. The van der Waals surface area contributed by atoms with Gasteiger partial charge in [-0.15, -0.1) is 0 Å². The van der Waals surface area contributed by atoms with Gasteiger partial charge in [0.1, 0.15) is 5.75 Å². The van der Waals surface area contributed by atoms with Gasteiger partial charge < -0.3 is 9.84 Å². The van der Waals surface area contributed by atoms with Crippen molar-refractivity contribution in [2.75, 3.05) is 13.2 Å². The first-order chi connectivity index (χ1) is 11.0. The number of nitrogens with one attached hydrogen (secondary N) is 1. The van der Waals surface area contributed by atoms with Crippen LogP contribution in [0.15, 0.2) is 41.3 Å². The van der Waals surface area contributed by atoms with Crippen molar-refractivity contribution >= 4 is 20.8 Å². The maximum absolute atomic E-state index is 12.6. The van der Waals surface area contributed by atoms with Gasteiger partial charge in [-0.1, -0.05) is 38.1 Å². The standard InChI is InChI=1S/C17H23NO4S/c1-3-11-22-16-9-10-17(15-8-6-5-7-14(15)16)23(20,21)18-13(4-2)12-19/h5-10,13,18-19H,3-4,11-12H2,1-2H3. The van der Waals surface area contributed by atoms with Crippen LogP contribution in [0.3, 0.4) is 0 Å². The normalized spacial score (nSPS) is 13.2. The molecule has 0 aliphatic carbocycles. The smallest absolute Gasteiger partial charge is 0.241 e. The fourth-order valence-electron chi connectivity index (χ4n) is 2.35. The molecule has 0 spiro atoms. The van der Waals surface area contributed by atoms with E-state index in [9.17, 15) is 13.5 Å². The molecule has 0 aliphatic heterocycles. The van der Waals surface area contributed by atoms with E-state index in [1.807, 2.05) is 26.0 Å². The molecule has 0 amide bonds. The largest absolute Gasteiger partial charge is 0.493 e. The molecule has 0 aromatic heterocycles. The number of sulfonamides is 1. The molecule has 2 aromatic carbocycles. The van der Waals surface area contributed by atoms with Gasteiger partial charge in [-0.05, 0) is 25.0 Å². The summed E-state index contributed by atoms with van der Waals surface area (Å²) in [6.45, 7) is 4.19. The van der Waals surface area contributed by atoms with Crippen LogP contribution in [-0.4, -0.2) is 32.8 Å². The van der Waals surface area contributed by atoms with E-state index >= 15 is 0 Å². The molecular formula is C17H23NO4S. The minimum Gasteiger partial charge on any atom is -0.493 e. The van der Waals surface area contributed by atoms with Crippen LogP contribution in [-0.2, 0) is 10.0 Å². The second-order valence-corrected chi connectivity index (χ2v) is 7.05. The van der Waals surface area contributed by atoms with Gasteiger partial charge in [0.25, 0.3) is 0 Å². The average molecular weight is 337 g/mol. The molecule has 2 rings (SSSR count). The molecule has 5 nitrogen and oxygen atoms in total. The number of fused-ring (bicyclic) bond motifs is 1. The maximum Gasteiger partial charge on any atom is 0.241 e. The van der Waals surface area contributed by atoms with Crippen molar-refractivity contribution < 1.29 is 18.3 Å². The third-order valence-corrected chi connectivity index (χ3v) is 5.21. The number of hydrogen-bond acceptors (Lipinski definition) is 4. The van der Waals surface area contributed by atoms with Crippen LogP contribution >= 0.6 is 0 Å². The highest BCUT2D eigenvalue weighted by atomic mass is 32.2. The van der Waals surface area contributed by atoms with Gasteiger partial charge in [-0.2, -0.15) is 0 Å². The van der Waals surface area contributed by atoms with Crippen LogP contribution < -0.4 is 9.46 Å². The lowest BCUT2D eigenvalue weighted by molar-refractivity contribution is 0.254. The first-order valence-corrected chi connectivity index (χ1v) is 9.29. The van der Waals surface area contributed by atoms with Crippen LogP contribution in [0.25, 0.3) is 10.8 Å². The zero-order valence-corrected chi connectivity index (χ0v) is 14.3. The van der Waals surface area contributed by atoms with Crippen molar-refractivity contribution in [1.29, 1.82) is 0 Å². The van der Waals surface area contributed by atoms with Gasteiger partial charge in [0.15, 0.2) is 0 Å². The van der Waals surface area contributed by atoms with Gasteiger partial charge in [-0.3, -0.25) is 0 Å². The second kappa shape index (κ2) is 7.77. The minimum atomic E-state index is -3.71. The summed E-state index contributed by atoms with van der Waals surface area (Å²) in [4.78, 5) is 0.198. The molecular weight excluding hydrogens is 314 g/mol. The Balaban J connectivity index is 2.50. The van der Waals surface area contributed by atoms with E-state index in [-0.39, 0.29) is 11.5 Å². The second-order valence-electron chi connectivity index (χ2n) is 5.36. The minimum absolute atomic E-state index is 0.198. The van der Waals surface area contributed by atoms with Crippen LogP contribution in [0.5, 0.6) is 5.75 Å². The summed E-state index contributed by atoms with van der Waals surface area (Å²) in [6.07, 6.45) is 1.40. The van der Waals surface area contributed by atoms with Crippen LogP contribution in [0, 0.1) is 0 Å². The highest BCUT2D eigenvalue weighted by Gasteiger charge is 2.22. The SMILES string of the molecule is CCCOc1ccc(S(=O)(=O)NC(CC)CO)c2ccccc12. The van der Waals surface area contributed by atoms with E-state index in [4.69, 9.17) is 4.74 Å². The lowest BCUT2D eigenvalue weighted by Gasteiger charge is -2.17. The number of ether oxygens (including phenoxy) is 1. The zero-order valence-electron chi connectivity index (χ0n) is 13.5. The summed E-state index contributed by atoms with van der Waals surface area (Å²) in [5.74, 6) is 0.676. The number of rotatable bonds is 8. The molecule has 0 saturated carbocycles. The summed E-state index contributed by atoms with van der Waals surface area (Å²) in [5.41, 5.74) is 0. The number of hydrogen-bond donors (Lipinski definition) is 2. The van der Waals surface area contributed by atoms with Crippen molar-refractivity contribution in [3.63, 3.8) is 0 Å². The summed E-state index contributed by atoms with van der Waals surface area (Å²) in [5, 5.41) is 10.6.